The minimum atomic E-state index is -0.467. The van der Waals surface area contributed by atoms with Crippen LogP contribution in [0.4, 0.5) is 4.79 Å². The van der Waals surface area contributed by atoms with Crippen LogP contribution in [0.2, 0.25) is 0 Å². The first-order valence-electron chi connectivity index (χ1n) is 9.96. The molecule has 3 aliphatic heterocycles. The van der Waals surface area contributed by atoms with Crippen molar-refractivity contribution in [3.05, 3.63) is 41.5 Å². The van der Waals surface area contributed by atoms with E-state index in [0.29, 0.717) is 13.2 Å². The molecule has 2 fully saturated rings. The fourth-order valence-corrected chi connectivity index (χ4v) is 4.28. The first kappa shape index (κ1) is 18.5. The molecule has 0 aliphatic carbocycles. The van der Waals surface area contributed by atoms with E-state index in [2.05, 4.69) is 30.3 Å². The van der Waals surface area contributed by atoms with Crippen molar-refractivity contribution in [3.8, 4) is 0 Å². The minimum absolute atomic E-state index is 0.116. The van der Waals surface area contributed by atoms with Crippen molar-refractivity contribution in [1.82, 2.24) is 4.90 Å². The fraction of sp³-hybridized carbons (Fsp3) is 0.591. The van der Waals surface area contributed by atoms with Gasteiger partial charge in [0.05, 0.1) is 19.3 Å². The number of amides is 1. The van der Waals surface area contributed by atoms with E-state index in [1.807, 2.05) is 25.7 Å². The highest BCUT2D eigenvalue weighted by Gasteiger charge is 2.39. The van der Waals surface area contributed by atoms with Gasteiger partial charge in [-0.05, 0) is 63.7 Å². The van der Waals surface area contributed by atoms with E-state index in [1.54, 1.807) is 0 Å². The zero-order valence-corrected chi connectivity index (χ0v) is 16.4. The molecule has 1 aromatic carbocycles. The molecule has 1 amide bonds. The predicted octanol–water partition coefficient (Wildman–Crippen LogP) is 4.68. The maximum absolute atomic E-state index is 12.7. The molecule has 1 aromatic rings. The molecule has 0 saturated carbocycles. The summed E-state index contributed by atoms with van der Waals surface area (Å²) in [5.74, 6) is 0. The molecule has 3 heterocycles. The second kappa shape index (κ2) is 7.28. The first-order valence-corrected chi connectivity index (χ1v) is 9.96. The Bertz CT molecular complexity index is 730. The summed E-state index contributed by atoms with van der Waals surface area (Å²) >= 11 is 0. The molecule has 5 heteroatoms. The van der Waals surface area contributed by atoms with Gasteiger partial charge in [-0.1, -0.05) is 24.3 Å². The smallest absolute Gasteiger partial charge is 0.411 e. The van der Waals surface area contributed by atoms with E-state index in [1.165, 1.54) is 11.1 Å². The van der Waals surface area contributed by atoms with Crippen molar-refractivity contribution < 1.29 is 19.0 Å². The molecule has 5 nitrogen and oxygen atoms in total. The van der Waals surface area contributed by atoms with Gasteiger partial charge in [0.2, 0.25) is 0 Å². The Morgan fingerprint density at radius 1 is 1.19 bits per heavy atom. The minimum Gasteiger partial charge on any atom is -0.444 e. The lowest BCUT2D eigenvalue weighted by Crippen LogP contribution is -2.53. The summed E-state index contributed by atoms with van der Waals surface area (Å²) < 4.78 is 16.9. The number of hydrogen-bond donors (Lipinski definition) is 0. The second-order valence-corrected chi connectivity index (χ2v) is 8.63. The molecule has 2 atom stereocenters. The number of fused-ring (bicyclic) bond motifs is 2. The van der Waals surface area contributed by atoms with Crippen LogP contribution in [-0.4, -0.2) is 41.9 Å². The predicted molar refractivity (Wildman–Crippen MR) is 103 cm³/mol. The van der Waals surface area contributed by atoms with Crippen molar-refractivity contribution >= 4 is 11.7 Å². The number of nitrogens with zero attached hydrogens (tertiary/aromatic N) is 1. The van der Waals surface area contributed by atoms with Gasteiger partial charge in [0.1, 0.15) is 5.60 Å². The standard InChI is InChI=1S/C22H29NO4/c1-22(2,3)27-21(24)23-18-8-5-9-19(23)14-17(13-18)15-6-4-7-16(12-15)20-25-10-11-26-20/h4,6-7,12-13,18-20H,5,8-11,14H2,1-3H3. The van der Waals surface area contributed by atoms with Crippen LogP contribution in [0.5, 0.6) is 0 Å². The summed E-state index contributed by atoms with van der Waals surface area (Å²) in [6.45, 7) is 7.05. The number of carbonyl (C=O) groups excluding carboxylic acids is 1. The molecule has 2 unspecified atom stereocenters. The molecular formula is C22H29NO4. The summed E-state index contributed by atoms with van der Waals surface area (Å²) in [7, 11) is 0. The second-order valence-electron chi connectivity index (χ2n) is 8.63. The molecule has 0 radical (unpaired) electrons. The molecule has 4 rings (SSSR count). The van der Waals surface area contributed by atoms with E-state index in [0.717, 1.165) is 31.2 Å². The number of rotatable bonds is 2. The van der Waals surface area contributed by atoms with Crippen molar-refractivity contribution in [2.75, 3.05) is 13.2 Å². The zero-order chi connectivity index (χ0) is 19.0. The van der Waals surface area contributed by atoms with Gasteiger partial charge in [-0.15, -0.1) is 0 Å². The lowest BCUT2D eigenvalue weighted by atomic mass is 9.83. The highest BCUT2D eigenvalue weighted by Crippen LogP contribution is 2.38. The molecule has 3 aliphatic rings. The lowest BCUT2D eigenvalue weighted by molar-refractivity contribution is -0.0441. The average Bonchev–Trinajstić information content (AvgIpc) is 3.14. The molecule has 27 heavy (non-hydrogen) atoms. The Balaban J connectivity index is 1.57. The third kappa shape index (κ3) is 4.04. The van der Waals surface area contributed by atoms with Gasteiger partial charge in [0.15, 0.2) is 6.29 Å². The number of hydrogen-bond acceptors (Lipinski definition) is 4. The summed E-state index contributed by atoms with van der Waals surface area (Å²) in [6, 6.07) is 8.75. The number of piperidine rings is 1. The van der Waals surface area contributed by atoms with Crippen LogP contribution >= 0.6 is 0 Å². The Labute approximate surface area is 161 Å². The SMILES string of the molecule is CC(C)(C)OC(=O)N1C2C=C(c3cccc(C4OCCO4)c3)CC1CCC2. The normalized spacial score (nSPS) is 26.0. The summed E-state index contributed by atoms with van der Waals surface area (Å²) in [6.07, 6.45) is 5.86. The number of carbonyl (C=O) groups is 1. The van der Waals surface area contributed by atoms with Crippen molar-refractivity contribution in [2.24, 2.45) is 0 Å². The highest BCUT2D eigenvalue weighted by molar-refractivity contribution is 5.75. The summed E-state index contributed by atoms with van der Waals surface area (Å²) in [5, 5.41) is 0. The van der Waals surface area contributed by atoms with Crippen LogP contribution in [0.15, 0.2) is 30.3 Å². The molecule has 2 saturated heterocycles. The third-order valence-electron chi connectivity index (χ3n) is 5.39. The molecule has 2 bridgehead atoms. The quantitative estimate of drug-likeness (QED) is 0.757. The maximum Gasteiger partial charge on any atom is 0.411 e. The van der Waals surface area contributed by atoms with Gasteiger partial charge in [0, 0.05) is 11.6 Å². The maximum atomic E-state index is 12.7. The van der Waals surface area contributed by atoms with E-state index in [-0.39, 0.29) is 24.5 Å². The van der Waals surface area contributed by atoms with Crippen LogP contribution in [0.1, 0.15) is 63.9 Å². The molecule has 0 spiro atoms. The molecule has 0 N–H and O–H groups in total. The van der Waals surface area contributed by atoms with Crippen molar-refractivity contribution in [3.63, 3.8) is 0 Å². The van der Waals surface area contributed by atoms with Gasteiger partial charge in [-0.25, -0.2) is 4.79 Å². The molecular weight excluding hydrogens is 342 g/mol. The van der Waals surface area contributed by atoms with Gasteiger partial charge in [-0.2, -0.15) is 0 Å². The van der Waals surface area contributed by atoms with E-state index >= 15 is 0 Å². The van der Waals surface area contributed by atoms with Crippen molar-refractivity contribution in [2.45, 2.75) is 70.4 Å². The first-order chi connectivity index (χ1) is 12.9. The van der Waals surface area contributed by atoms with E-state index < -0.39 is 5.60 Å². The fourth-order valence-electron chi connectivity index (χ4n) is 4.28. The van der Waals surface area contributed by atoms with Crippen molar-refractivity contribution in [1.29, 1.82) is 0 Å². The average molecular weight is 371 g/mol. The van der Waals surface area contributed by atoms with Gasteiger partial charge >= 0.3 is 6.09 Å². The van der Waals surface area contributed by atoms with E-state index in [4.69, 9.17) is 14.2 Å². The Morgan fingerprint density at radius 3 is 2.67 bits per heavy atom. The van der Waals surface area contributed by atoms with Gasteiger partial charge < -0.3 is 14.2 Å². The topological polar surface area (TPSA) is 48.0 Å². The summed E-state index contributed by atoms with van der Waals surface area (Å²) in [5.41, 5.74) is 3.10. The van der Waals surface area contributed by atoms with Crippen LogP contribution in [0.3, 0.4) is 0 Å². The van der Waals surface area contributed by atoms with Gasteiger partial charge in [-0.3, -0.25) is 4.90 Å². The molecule has 0 aromatic heterocycles. The highest BCUT2D eigenvalue weighted by atomic mass is 16.7. The van der Waals surface area contributed by atoms with Crippen LogP contribution < -0.4 is 0 Å². The lowest BCUT2D eigenvalue weighted by Gasteiger charge is -2.45. The Kier molecular flexibility index (Phi) is 4.99. The van der Waals surface area contributed by atoms with Crippen LogP contribution in [-0.2, 0) is 14.2 Å². The molecule has 146 valence electrons. The largest absolute Gasteiger partial charge is 0.444 e. The van der Waals surface area contributed by atoms with E-state index in [9.17, 15) is 4.79 Å². The Morgan fingerprint density at radius 2 is 1.96 bits per heavy atom. The third-order valence-corrected chi connectivity index (χ3v) is 5.39. The number of benzene rings is 1. The Hall–Kier alpha value is -1.85. The van der Waals surface area contributed by atoms with Crippen LogP contribution in [0.25, 0.3) is 5.57 Å². The van der Waals surface area contributed by atoms with Crippen LogP contribution in [0, 0.1) is 0 Å². The zero-order valence-electron chi connectivity index (χ0n) is 16.4. The number of ether oxygens (including phenoxy) is 3. The summed E-state index contributed by atoms with van der Waals surface area (Å²) in [4.78, 5) is 14.7. The monoisotopic (exact) mass is 371 g/mol. The van der Waals surface area contributed by atoms with Gasteiger partial charge in [0.25, 0.3) is 0 Å².